The third kappa shape index (κ3) is 1.56. The molecule has 15 heavy (non-hydrogen) atoms. The zero-order valence-electron chi connectivity index (χ0n) is 8.10. The average molecular weight is 226 g/mol. The van der Waals surface area contributed by atoms with Gasteiger partial charge in [0.15, 0.2) is 0 Å². The number of benzene rings is 1. The Hall–Kier alpha value is -1.56. The van der Waals surface area contributed by atoms with E-state index in [1.165, 1.54) is 12.1 Å². The van der Waals surface area contributed by atoms with Crippen LogP contribution in [0.5, 0.6) is 0 Å². The van der Waals surface area contributed by atoms with Crippen LogP contribution in [0.15, 0.2) is 27.5 Å². The van der Waals surface area contributed by atoms with E-state index in [1.54, 1.807) is 13.0 Å². The first-order chi connectivity index (χ1) is 7.04. The lowest BCUT2D eigenvalue weighted by molar-refractivity contribution is 0.330. The Kier molecular flexibility index (Phi) is 2.15. The molecule has 0 spiro atoms. The van der Waals surface area contributed by atoms with Gasteiger partial charge in [-0.15, -0.1) is 4.40 Å². The predicted molar refractivity (Wildman–Crippen MR) is 56.2 cm³/mol. The molecule has 0 aromatic heterocycles. The van der Waals surface area contributed by atoms with Crippen molar-refractivity contribution in [2.75, 3.05) is 12.3 Å². The van der Waals surface area contributed by atoms with E-state index < -0.39 is 10.0 Å². The maximum Gasteiger partial charge on any atom is 0.286 e. The molecule has 0 saturated heterocycles. The lowest BCUT2D eigenvalue weighted by Gasteiger charge is -2.02. The van der Waals surface area contributed by atoms with Crippen LogP contribution in [-0.2, 0) is 14.8 Å². The summed E-state index contributed by atoms with van der Waals surface area (Å²) in [6.45, 7) is 2.13. The molecule has 0 unspecified atom stereocenters. The van der Waals surface area contributed by atoms with Crippen molar-refractivity contribution in [3.8, 4) is 0 Å². The maximum atomic E-state index is 11.5. The van der Waals surface area contributed by atoms with Crippen molar-refractivity contribution >= 4 is 21.6 Å². The number of fused-ring (bicyclic) bond motifs is 1. The van der Waals surface area contributed by atoms with Crippen LogP contribution in [0.25, 0.3) is 0 Å². The minimum absolute atomic E-state index is 0.125. The molecule has 1 aliphatic heterocycles. The second-order valence-electron chi connectivity index (χ2n) is 3.06. The van der Waals surface area contributed by atoms with Gasteiger partial charge in [0.25, 0.3) is 10.0 Å². The monoisotopic (exact) mass is 226 g/mol. The molecule has 0 fully saturated rings. The van der Waals surface area contributed by atoms with Crippen LogP contribution in [0.1, 0.15) is 12.5 Å². The van der Waals surface area contributed by atoms with E-state index in [-0.39, 0.29) is 10.8 Å². The van der Waals surface area contributed by atoms with Crippen LogP contribution in [0.3, 0.4) is 0 Å². The number of anilines is 1. The van der Waals surface area contributed by atoms with E-state index in [2.05, 4.69) is 4.40 Å². The van der Waals surface area contributed by atoms with Crippen LogP contribution in [0.2, 0.25) is 0 Å². The SMILES string of the molecule is CCOC1=NS(=O)(=O)c2ccc(N)cc21. The number of nitrogen functional groups attached to an aromatic ring is 1. The number of hydrogen-bond acceptors (Lipinski definition) is 4. The van der Waals surface area contributed by atoms with Gasteiger partial charge >= 0.3 is 0 Å². The summed E-state index contributed by atoms with van der Waals surface area (Å²) in [4.78, 5) is 0.153. The van der Waals surface area contributed by atoms with Crippen LogP contribution in [-0.4, -0.2) is 20.9 Å². The normalized spacial score (nSPS) is 17.0. The zero-order chi connectivity index (χ0) is 11.1. The third-order valence-corrected chi connectivity index (χ3v) is 3.31. The van der Waals surface area contributed by atoms with Crippen molar-refractivity contribution in [2.24, 2.45) is 4.40 Å². The summed E-state index contributed by atoms with van der Waals surface area (Å²) < 4.78 is 31.7. The highest BCUT2D eigenvalue weighted by molar-refractivity contribution is 7.90. The molecule has 6 heteroatoms. The molecule has 1 aromatic rings. The van der Waals surface area contributed by atoms with Crippen molar-refractivity contribution < 1.29 is 13.2 Å². The number of nitrogens with zero attached hydrogens (tertiary/aromatic N) is 1. The van der Waals surface area contributed by atoms with Crippen LogP contribution >= 0.6 is 0 Å². The van der Waals surface area contributed by atoms with Gasteiger partial charge in [0, 0.05) is 5.69 Å². The quantitative estimate of drug-likeness (QED) is 0.716. The second kappa shape index (κ2) is 3.23. The molecule has 80 valence electrons. The largest absolute Gasteiger partial charge is 0.477 e. The van der Waals surface area contributed by atoms with Crippen molar-refractivity contribution in [2.45, 2.75) is 11.8 Å². The molecule has 0 amide bonds. The molecule has 0 saturated carbocycles. The molecule has 5 nitrogen and oxygen atoms in total. The van der Waals surface area contributed by atoms with Crippen molar-refractivity contribution in [3.05, 3.63) is 23.8 Å². The number of nitrogens with two attached hydrogens (primary N) is 1. The minimum Gasteiger partial charge on any atom is -0.477 e. The number of sulfonamides is 1. The van der Waals surface area contributed by atoms with Crippen LogP contribution in [0.4, 0.5) is 5.69 Å². The Labute approximate surface area is 87.6 Å². The van der Waals surface area contributed by atoms with E-state index in [0.29, 0.717) is 17.9 Å². The topological polar surface area (TPSA) is 81.8 Å². The second-order valence-corrected chi connectivity index (χ2v) is 4.63. The van der Waals surface area contributed by atoms with E-state index in [1.807, 2.05) is 0 Å². The van der Waals surface area contributed by atoms with E-state index >= 15 is 0 Å². The van der Waals surface area contributed by atoms with Crippen molar-refractivity contribution in [1.29, 1.82) is 0 Å². The number of hydrogen-bond donors (Lipinski definition) is 1. The molecule has 1 aromatic carbocycles. The first-order valence-corrected chi connectivity index (χ1v) is 5.86. The van der Waals surface area contributed by atoms with Gasteiger partial charge in [-0.25, -0.2) is 0 Å². The first kappa shape index (κ1) is 9.97. The Balaban J connectivity index is 2.63. The molecule has 2 rings (SSSR count). The average Bonchev–Trinajstić information content (AvgIpc) is 2.39. The Morgan fingerprint density at radius 1 is 1.47 bits per heavy atom. The zero-order valence-corrected chi connectivity index (χ0v) is 8.91. The van der Waals surface area contributed by atoms with Gasteiger partial charge < -0.3 is 10.5 Å². The van der Waals surface area contributed by atoms with Crippen LogP contribution in [0, 0.1) is 0 Å². The highest BCUT2D eigenvalue weighted by atomic mass is 32.2. The smallest absolute Gasteiger partial charge is 0.286 e. The molecule has 2 N–H and O–H groups in total. The molecule has 1 heterocycles. The van der Waals surface area contributed by atoms with E-state index in [0.717, 1.165) is 0 Å². The molecule has 0 bridgehead atoms. The summed E-state index contributed by atoms with van der Waals surface area (Å²) in [6.07, 6.45) is 0. The molecule has 0 aliphatic carbocycles. The molecule has 0 radical (unpaired) electrons. The minimum atomic E-state index is -3.59. The molecule has 1 aliphatic rings. The van der Waals surface area contributed by atoms with Gasteiger partial charge in [-0.05, 0) is 25.1 Å². The predicted octanol–water partition coefficient (Wildman–Crippen LogP) is 0.754. The van der Waals surface area contributed by atoms with Crippen LogP contribution < -0.4 is 5.73 Å². The Morgan fingerprint density at radius 2 is 2.20 bits per heavy atom. The summed E-state index contributed by atoms with van der Waals surface area (Å²) in [5.74, 6) is 0.125. The standard InChI is InChI=1S/C9H10N2O3S/c1-2-14-9-7-5-6(10)3-4-8(7)15(12,13)11-9/h3-5H,2,10H2,1H3. The van der Waals surface area contributed by atoms with Gasteiger partial charge in [0.05, 0.1) is 12.2 Å². The Morgan fingerprint density at radius 3 is 2.87 bits per heavy atom. The van der Waals surface area contributed by atoms with E-state index in [4.69, 9.17) is 10.5 Å². The van der Waals surface area contributed by atoms with Crippen molar-refractivity contribution in [1.82, 2.24) is 0 Å². The molecular formula is C9H10N2O3S. The molecular weight excluding hydrogens is 216 g/mol. The van der Waals surface area contributed by atoms with Gasteiger partial charge in [-0.3, -0.25) is 0 Å². The lowest BCUT2D eigenvalue weighted by atomic mass is 10.2. The van der Waals surface area contributed by atoms with Gasteiger partial charge in [0.1, 0.15) is 4.90 Å². The summed E-state index contributed by atoms with van der Waals surface area (Å²) in [7, 11) is -3.59. The summed E-state index contributed by atoms with van der Waals surface area (Å²) in [5, 5.41) is 0. The van der Waals surface area contributed by atoms with Gasteiger partial charge in [-0.1, -0.05) is 0 Å². The number of ether oxygens (including phenoxy) is 1. The van der Waals surface area contributed by atoms with Gasteiger partial charge in [0.2, 0.25) is 5.90 Å². The van der Waals surface area contributed by atoms with E-state index in [9.17, 15) is 8.42 Å². The summed E-state index contributed by atoms with van der Waals surface area (Å²) in [5.41, 5.74) is 6.50. The maximum absolute atomic E-state index is 11.5. The summed E-state index contributed by atoms with van der Waals surface area (Å²) in [6, 6.07) is 4.52. The van der Waals surface area contributed by atoms with Crippen molar-refractivity contribution in [3.63, 3.8) is 0 Å². The summed E-state index contributed by atoms with van der Waals surface area (Å²) >= 11 is 0. The lowest BCUT2D eigenvalue weighted by Crippen LogP contribution is -2.04. The van der Waals surface area contributed by atoms with Gasteiger partial charge in [-0.2, -0.15) is 8.42 Å². The highest BCUT2D eigenvalue weighted by Gasteiger charge is 2.29. The Bertz CT molecular complexity index is 534. The fourth-order valence-electron chi connectivity index (χ4n) is 1.39. The fraction of sp³-hybridized carbons (Fsp3) is 0.222. The fourth-order valence-corrected chi connectivity index (χ4v) is 2.52. The number of rotatable bonds is 1. The third-order valence-electron chi connectivity index (χ3n) is 2.00. The highest BCUT2D eigenvalue weighted by Crippen LogP contribution is 2.28. The molecule has 0 atom stereocenters. The first-order valence-electron chi connectivity index (χ1n) is 4.42.